The summed E-state index contributed by atoms with van der Waals surface area (Å²) in [6, 6.07) is 6.47. The normalized spacial score (nSPS) is 12.4. The number of nitrogens with one attached hydrogen (secondary N) is 1. The number of anilines is 1. The largest absolute Gasteiger partial charge is 0.497 e. The van der Waals surface area contributed by atoms with Crippen molar-refractivity contribution >= 4 is 16.6 Å². The topological polar surface area (TPSA) is 60.2 Å². The van der Waals surface area contributed by atoms with E-state index >= 15 is 0 Å². The predicted molar refractivity (Wildman–Crippen MR) is 89.0 cm³/mol. The number of aryl methyl sites for hydroxylation is 1. The first-order chi connectivity index (χ1) is 10.2. The summed E-state index contributed by atoms with van der Waals surface area (Å²) in [6.07, 6.45) is 5.16. The molecule has 3 N–H and O–H groups in total. The van der Waals surface area contributed by atoms with Crippen LogP contribution in [0.3, 0.4) is 0 Å². The Morgan fingerprint density at radius 1 is 1.33 bits per heavy atom. The Morgan fingerprint density at radius 3 is 2.86 bits per heavy atom. The molecule has 0 fully saturated rings. The van der Waals surface area contributed by atoms with E-state index in [4.69, 9.17) is 10.5 Å². The predicted octanol–water partition coefficient (Wildman–Crippen LogP) is 3.48. The Labute approximate surface area is 126 Å². The molecule has 0 saturated heterocycles. The molecule has 4 nitrogen and oxygen atoms in total. The number of rotatable bonds is 7. The monoisotopic (exact) mass is 287 g/mol. The lowest BCUT2D eigenvalue weighted by molar-refractivity contribution is 0.415. The van der Waals surface area contributed by atoms with Gasteiger partial charge in [0.25, 0.3) is 0 Å². The molecule has 0 aliphatic rings. The minimum Gasteiger partial charge on any atom is -0.497 e. The van der Waals surface area contributed by atoms with Crippen LogP contribution < -0.4 is 15.8 Å². The standard InChI is InChI=1S/C17H25N3O/c1-12-7-9-19-17-15(12)10-14(21-3)11-16(17)20-13(2)6-4-5-8-18/h7,9-11,13,20H,4-6,8,18H2,1-3H3. The molecule has 1 aromatic carbocycles. The van der Waals surface area contributed by atoms with E-state index in [2.05, 4.69) is 24.1 Å². The highest BCUT2D eigenvalue weighted by atomic mass is 16.5. The fraction of sp³-hybridized carbons (Fsp3) is 0.471. The summed E-state index contributed by atoms with van der Waals surface area (Å²) >= 11 is 0. The van der Waals surface area contributed by atoms with Gasteiger partial charge in [0.1, 0.15) is 5.75 Å². The number of fused-ring (bicyclic) bond motifs is 1. The number of hydrogen-bond donors (Lipinski definition) is 2. The number of aromatic nitrogens is 1. The third kappa shape index (κ3) is 3.85. The summed E-state index contributed by atoms with van der Waals surface area (Å²) in [5.74, 6) is 0.857. The van der Waals surface area contributed by atoms with Crippen LogP contribution >= 0.6 is 0 Å². The number of hydrogen-bond acceptors (Lipinski definition) is 4. The maximum Gasteiger partial charge on any atom is 0.121 e. The molecule has 1 aromatic heterocycles. The molecule has 0 bridgehead atoms. The fourth-order valence-electron chi connectivity index (χ4n) is 2.52. The van der Waals surface area contributed by atoms with E-state index in [1.54, 1.807) is 7.11 Å². The summed E-state index contributed by atoms with van der Waals surface area (Å²) in [4.78, 5) is 4.53. The van der Waals surface area contributed by atoms with E-state index in [1.807, 2.05) is 24.4 Å². The van der Waals surface area contributed by atoms with Gasteiger partial charge in [-0.1, -0.05) is 6.42 Å². The number of unbranched alkanes of at least 4 members (excludes halogenated alkanes) is 1. The van der Waals surface area contributed by atoms with Gasteiger partial charge in [-0.25, -0.2) is 0 Å². The van der Waals surface area contributed by atoms with Crippen LogP contribution in [0, 0.1) is 6.92 Å². The van der Waals surface area contributed by atoms with Gasteiger partial charge in [0.15, 0.2) is 0 Å². The molecule has 0 aliphatic heterocycles. The molecule has 0 spiro atoms. The Bertz CT molecular complexity index is 598. The summed E-state index contributed by atoms with van der Waals surface area (Å²) in [6.45, 7) is 5.05. The van der Waals surface area contributed by atoms with E-state index in [0.29, 0.717) is 6.04 Å². The molecule has 2 rings (SSSR count). The van der Waals surface area contributed by atoms with Gasteiger partial charge in [-0.05, 0) is 50.9 Å². The van der Waals surface area contributed by atoms with E-state index in [0.717, 1.165) is 48.1 Å². The first kappa shape index (κ1) is 15.6. The lowest BCUT2D eigenvalue weighted by Crippen LogP contribution is -2.16. The third-order valence-corrected chi connectivity index (χ3v) is 3.77. The molecule has 0 amide bonds. The molecule has 0 aliphatic carbocycles. The highest BCUT2D eigenvalue weighted by Gasteiger charge is 2.10. The van der Waals surface area contributed by atoms with Crippen LogP contribution in [0.25, 0.3) is 10.9 Å². The van der Waals surface area contributed by atoms with E-state index in [1.165, 1.54) is 5.56 Å². The van der Waals surface area contributed by atoms with Gasteiger partial charge in [0, 0.05) is 23.7 Å². The second-order valence-electron chi connectivity index (χ2n) is 5.53. The Balaban J connectivity index is 2.27. The van der Waals surface area contributed by atoms with Crippen molar-refractivity contribution in [2.75, 3.05) is 19.0 Å². The average Bonchev–Trinajstić information content (AvgIpc) is 2.48. The van der Waals surface area contributed by atoms with Gasteiger partial charge >= 0.3 is 0 Å². The fourth-order valence-corrected chi connectivity index (χ4v) is 2.52. The van der Waals surface area contributed by atoms with Crippen molar-refractivity contribution < 1.29 is 4.74 Å². The SMILES string of the molecule is COc1cc(NC(C)CCCCN)c2nccc(C)c2c1. The minimum atomic E-state index is 0.383. The summed E-state index contributed by atoms with van der Waals surface area (Å²) in [7, 11) is 1.70. The number of methoxy groups -OCH3 is 1. The molecule has 1 heterocycles. The maximum absolute atomic E-state index is 5.55. The van der Waals surface area contributed by atoms with Crippen LogP contribution in [0.4, 0.5) is 5.69 Å². The number of nitrogens with two attached hydrogens (primary N) is 1. The quantitative estimate of drug-likeness (QED) is 0.765. The van der Waals surface area contributed by atoms with Crippen LogP contribution in [0.5, 0.6) is 5.75 Å². The first-order valence-corrected chi connectivity index (χ1v) is 7.55. The van der Waals surface area contributed by atoms with Crippen molar-refractivity contribution in [3.05, 3.63) is 30.0 Å². The Kier molecular flexibility index (Phi) is 5.39. The van der Waals surface area contributed by atoms with E-state index in [-0.39, 0.29) is 0 Å². The van der Waals surface area contributed by atoms with Gasteiger partial charge in [-0.2, -0.15) is 0 Å². The Hall–Kier alpha value is -1.81. The van der Waals surface area contributed by atoms with Gasteiger partial charge in [-0.15, -0.1) is 0 Å². The second kappa shape index (κ2) is 7.27. The molecular formula is C17H25N3O. The van der Waals surface area contributed by atoms with Gasteiger partial charge in [0.05, 0.1) is 18.3 Å². The molecule has 1 unspecified atom stereocenters. The van der Waals surface area contributed by atoms with Crippen molar-refractivity contribution in [3.8, 4) is 5.75 Å². The van der Waals surface area contributed by atoms with Crippen LogP contribution in [-0.4, -0.2) is 24.7 Å². The van der Waals surface area contributed by atoms with Gasteiger partial charge in [0.2, 0.25) is 0 Å². The number of pyridine rings is 1. The first-order valence-electron chi connectivity index (χ1n) is 7.55. The molecular weight excluding hydrogens is 262 g/mol. The minimum absolute atomic E-state index is 0.383. The summed E-state index contributed by atoms with van der Waals surface area (Å²) in [5, 5.41) is 4.70. The van der Waals surface area contributed by atoms with Crippen molar-refractivity contribution in [3.63, 3.8) is 0 Å². The van der Waals surface area contributed by atoms with Crippen LogP contribution in [0.15, 0.2) is 24.4 Å². The Morgan fingerprint density at radius 2 is 2.14 bits per heavy atom. The molecule has 4 heteroatoms. The van der Waals surface area contributed by atoms with Crippen LogP contribution in [0.2, 0.25) is 0 Å². The third-order valence-electron chi connectivity index (χ3n) is 3.77. The molecule has 0 saturated carbocycles. The summed E-state index contributed by atoms with van der Waals surface area (Å²) in [5.41, 5.74) is 8.79. The molecule has 2 aromatic rings. The van der Waals surface area contributed by atoms with Crippen molar-refractivity contribution in [2.24, 2.45) is 5.73 Å². The van der Waals surface area contributed by atoms with Gasteiger partial charge in [-0.3, -0.25) is 4.98 Å². The number of benzene rings is 1. The van der Waals surface area contributed by atoms with Crippen LogP contribution in [0.1, 0.15) is 31.7 Å². The molecule has 21 heavy (non-hydrogen) atoms. The zero-order chi connectivity index (χ0) is 15.2. The van der Waals surface area contributed by atoms with Gasteiger partial charge < -0.3 is 15.8 Å². The lowest BCUT2D eigenvalue weighted by atomic mass is 10.1. The smallest absolute Gasteiger partial charge is 0.121 e. The van der Waals surface area contributed by atoms with Crippen LogP contribution in [-0.2, 0) is 0 Å². The zero-order valence-corrected chi connectivity index (χ0v) is 13.1. The highest BCUT2D eigenvalue weighted by molar-refractivity contribution is 5.94. The van der Waals surface area contributed by atoms with E-state index < -0.39 is 0 Å². The number of nitrogens with zero attached hydrogens (tertiary/aromatic N) is 1. The van der Waals surface area contributed by atoms with Crippen molar-refractivity contribution in [2.45, 2.75) is 39.2 Å². The van der Waals surface area contributed by atoms with Crippen molar-refractivity contribution in [1.82, 2.24) is 4.98 Å². The maximum atomic E-state index is 5.55. The molecule has 1 atom stereocenters. The summed E-state index contributed by atoms with van der Waals surface area (Å²) < 4.78 is 5.41. The zero-order valence-electron chi connectivity index (χ0n) is 13.1. The van der Waals surface area contributed by atoms with E-state index in [9.17, 15) is 0 Å². The molecule has 0 radical (unpaired) electrons. The second-order valence-corrected chi connectivity index (χ2v) is 5.53. The highest BCUT2D eigenvalue weighted by Crippen LogP contribution is 2.30. The molecule has 114 valence electrons. The average molecular weight is 287 g/mol. The number of ether oxygens (including phenoxy) is 1. The lowest BCUT2D eigenvalue weighted by Gasteiger charge is -2.18. The van der Waals surface area contributed by atoms with Crippen molar-refractivity contribution in [1.29, 1.82) is 0 Å².